The topological polar surface area (TPSA) is 30.0 Å². The molecule has 1 aromatic heterocycles. The largest absolute Gasteiger partial charge is 0.276 e. The Labute approximate surface area is 122 Å². The maximum absolute atomic E-state index is 11.7. The molecule has 3 heteroatoms. The van der Waals surface area contributed by atoms with Gasteiger partial charge < -0.3 is 0 Å². The van der Waals surface area contributed by atoms with Crippen molar-refractivity contribution in [2.45, 2.75) is 6.92 Å². The predicted octanol–water partition coefficient (Wildman–Crippen LogP) is 4.59. The number of rotatable bonds is 2. The first kappa shape index (κ1) is 12.8. The van der Waals surface area contributed by atoms with E-state index in [-0.39, 0.29) is 0 Å². The van der Waals surface area contributed by atoms with Gasteiger partial charge in [0.2, 0.25) is 0 Å². The number of hydrogen-bond acceptors (Lipinski definition) is 2. The number of aromatic nitrogens is 1. The van der Waals surface area contributed by atoms with Crippen molar-refractivity contribution in [2.75, 3.05) is 0 Å². The summed E-state index contributed by atoms with van der Waals surface area (Å²) in [5.41, 5.74) is 4.08. The van der Waals surface area contributed by atoms with E-state index in [1.165, 1.54) is 0 Å². The molecule has 0 amide bonds. The van der Waals surface area contributed by atoms with E-state index in [2.05, 4.69) is 4.98 Å². The quantitative estimate of drug-likeness (QED) is 0.643. The molecule has 2 aromatic carbocycles. The number of hydrogen-bond donors (Lipinski definition) is 0. The van der Waals surface area contributed by atoms with Gasteiger partial charge in [0.1, 0.15) is 0 Å². The molecule has 0 aliphatic carbocycles. The summed E-state index contributed by atoms with van der Waals surface area (Å²) in [7, 11) is 0. The second kappa shape index (κ2) is 5.06. The Balaban J connectivity index is 2.32. The number of carbonyl (C=O) groups is 1. The highest BCUT2D eigenvalue weighted by atomic mass is 35.5. The molecular weight excluding hydrogens is 270 g/mol. The molecule has 3 aromatic rings. The van der Waals surface area contributed by atoms with E-state index in [4.69, 9.17) is 11.6 Å². The van der Waals surface area contributed by atoms with Gasteiger partial charge in [-0.25, -0.2) is 4.98 Å². The Bertz CT molecular complexity index is 797. The molecule has 0 radical (unpaired) electrons. The summed E-state index contributed by atoms with van der Waals surface area (Å²) >= 11 is 5.73. The van der Waals surface area contributed by atoms with Crippen LogP contribution < -0.4 is 0 Å². The second-order valence-electron chi connectivity index (χ2n) is 4.72. The molecule has 0 N–H and O–H groups in total. The van der Waals surface area contributed by atoms with E-state index in [1.54, 1.807) is 6.07 Å². The smallest absolute Gasteiger partial charge is 0.253 e. The molecule has 0 unspecified atom stereocenters. The van der Waals surface area contributed by atoms with Crippen molar-refractivity contribution in [3.63, 3.8) is 0 Å². The molecule has 3 rings (SSSR count). The van der Waals surface area contributed by atoms with Gasteiger partial charge in [0, 0.05) is 16.5 Å². The molecule has 0 fully saturated rings. The van der Waals surface area contributed by atoms with Crippen LogP contribution in [-0.2, 0) is 0 Å². The Kier molecular flexibility index (Phi) is 3.25. The second-order valence-corrected chi connectivity index (χ2v) is 5.06. The van der Waals surface area contributed by atoms with Crippen molar-refractivity contribution in [3.05, 3.63) is 65.7 Å². The number of aryl methyl sites for hydroxylation is 1. The van der Waals surface area contributed by atoms with Crippen LogP contribution in [0.1, 0.15) is 15.9 Å². The van der Waals surface area contributed by atoms with Gasteiger partial charge >= 0.3 is 0 Å². The number of carbonyl (C=O) groups excluding carboxylic acids is 1. The van der Waals surface area contributed by atoms with Gasteiger partial charge in [0.15, 0.2) is 0 Å². The fourth-order valence-corrected chi connectivity index (χ4v) is 2.42. The Morgan fingerprint density at radius 3 is 2.50 bits per heavy atom. The molecule has 0 aliphatic heterocycles. The lowest BCUT2D eigenvalue weighted by Crippen LogP contribution is -1.96. The van der Waals surface area contributed by atoms with Crippen molar-refractivity contribution >= 4 is 27.7 Å². The molecule has 0 aliphatic rings. The highest BCUT2D eigenvalue weighted by Crippen LogP contribution is 2.26. The highest BCUT2D eigenvalue weighted by Gasteiger charge is 2.12. The van der Waals surface area contributed by atoms with Gasteiger partial charge in [0.05, 0.1) is 11.2 Å². The van der Waals surface area contributed by atoms with Gasteiger partial charge in [-0.15, -0.1) is 0 Å². The fourth-order valence-electron chi connectivity index (χ4n) is 2.26. The summed E-state index contributed by atoms with van der Waals surface area (Å²) in [5, 5.41) is 0.338. The average Bonchev–Trinajstić information content (AvgIpc) is 2.47. The monoisotopic (exact) mass is 281 g/mol. The van der Waals surface area contributed by atoms with E-state index in [0.29, 0.717) is 5.56 Å². The van der Waals surface area contributed by atoms with Crippen LogP contribution in [0.4, 0.5) is 0 Å². The van der Waals surface area contributed by atoms with Crippen LogP contribution in [0.3, 0.4) is 0 Å². The Morgan fingerprint density at radius 1 is 1.05 bits per heavy atom. The van der Waals surface area contributed by atoms with E-state index >= 15 is 0 Å². The average molecular weight is 282 g/mol. The minimum absolute atomic E-state index is 0.458. The van der Waals surface area contributed by atoms with Crippen LogP contribution in [0.25, 0.3) is 22.2 Å². The van der Waals surface area contributed by atoms with Crippen molar-refractivity contribution in [3.8, 4) is 11.3 Å². The van der Waals surface area contributed by atoms with E-state index in [1.807, 2.05) is 55.5 Å². The third kappa shape index (κ3) is 2.30. The third-order valence-electron chi connectivity index (χ3n) is 3.25. The molecule has 0 saturated carbocycles. The molecule has 98 valence electrons. The van der Waals surface area contributed by atoms with Crippen LogP contribution in [0.5, 0.6) is 0 Å². The van der Waals surface area contributed by atoms with Crippen molar-refractivity contribution in [1.29, 1.82) is 0 Å². The molecule has 0 bridgehead atoms. The number of benzene rings is 2. The maximum atomic E-state index is 11.7. The van der Waals surface area contributed by atoms with Gasteiger partial charge in [-0.2, -0.15) is 0 Å². The van der Waals surface area contributed by atoms with Crippen molar-refractivity contribution < 1.29 is 4.79 Å². The van der Waals surface area contributed by atoms with E-state index < -0.39 is 5.24 Å². The van der Waals surface area contributed by atoms with E-state index in [0.717, 1.165) is 27.7 Å². The van der Waals surface area contributed by atoms with Crippen LogP contribution in [0.15, 0.2) is 54.6 Å². The van der Waals surface area contributed by atoms with Crippen molar-refractivity contribution in [1.82, 2.24) is 4.98 Å². The van der Waals surface area contributed by atoms with Gasteiger partial charge in [-0.1, -0.05) is 42.0 Å². The zero-order chi connectivity index (χ0) is 14.1. The Morgan fingerprint density at radius 2 is 1.80 bits per heavy atom. The minimum atomic E-state index is -0.458. The SMILES string of the molecule is Cc1ccc2nc(-c3ccccc3)cc(C(=O)Cl)c2c1. The fraction of sp³-hybridized carbons (Fsp3) is 0.0588. The van der Waals surface area contributed by atoms with Crippen LogP contribution in [0.2, 0.25) is 0 Å². The van der Waals surface area contributed by atoms with Gasteiger partial charge in [-0.05, 0) is 36.7 Å². The number of halogens is 1. The molecule has 2 nitrogen and oxygen atoms in total. The zero-order valence-corrected chi connectivity index (χ0v) is 11.7. The standard InChI is InChI=1S/C17H12ClNO/c1-11-7-8-15-13(9-11)14(17(18)20)10-16(19-15)12-5-3-2-4-6-12/h2-10H,1H3. The molecule has 0 saturated heterocycles. The molecule has 0 spiro atoms. The molecule has 20 heavy (non-hydrogen) atoms. The first-order valence-corrected chi connectivity index (χ1v) is 6.69. The van der Waals surface area contributed by atoms with Crippen LogP contribution >= 0.6 is 11.6 Å². The number of pyridine rings is 1. The lowest BCUT2D eigenvalue weighted by molar-refractivity contribution is 0.108. The molecular formula is C17H12ClNO. The first-order chi connectivity index (χ1) is 9.65. The van der Waals surface area contributed by atoms with E-state index in [9.17, 15) is 4.79 Å². The summed E-state index contributed by atoms with van der Waals surface area (Å²) in [6.07, 6.45) is 0. The summed E-state index contributed by atoms with van der Waals surface area (Å²) in [5.74, 6) is 0. The highest BCUT2D eigenvalue weighted by molar-refractivity contribution is 6.68. The van der Waals surface area contributed by atoms with Crippen LogP contribution in [0, 0.1) is 6.92 Å². The van der Waals surface area contributed by atoms with Crippen LogP contribution in [-0.4, -0.2) is 10.2 Å². The predicted molar refractivity (Wildman–Crippen MR) is 82.1 cm³/mol. The van der Waals surface area contributed by atoms with Gasteiger partial charge in [0.25, 0.3) is 5.24 Å². The third-order valence-corrected chi connectivity index (χ3v) is 3.45. The van der Waals surface area contributed by atoms with Gasteiger partial charge in [-0.3, -0.25) is 4.79 Å². The first-order valence-electron chi connectivity index (χ1n) is 6.32. The lowest BCUT2D eigenvalue weighted by atomic mass is 10.0. The summed E-state index contributed by atoms with van der Waals surface area (Å²) in [6.45, 7) is 1.98. The summed E-state index contributed by atoms with van der Waals surface area (Å²) in [6, 6.07) is 17.3. The van der Waals surface area contributed by atoms with Crippen molar-refractivity contribution in [2.24, 2.45) is 0 Å². The lowest BCUT2D eigenvalue weighted by Gasteiger charge is -2.08. The molecule has 1 heterocycles. The number of nitrogens with zero attached hydrogens (tertiary/aromatic N) is 1. The normalized spacial score (nSPS) is 10.7. The number of fused-ring (bicyclic) bond motifs is 1. The summed E-state index contributed by atoms with van der Waals surface area (Å²) < 4.78 is 0. The maximum Gasteiger partial charge on any atom is 0.253 e. The Hall–Kier alpha value is -2.19. The zero-order valence-electron chi connectivity index (χ0n) is 10.9. The molecule has 0 atom stereocenters. The minimum Gasteiger partial charge on any atom is -0.276 e. The summed E-state index contributed by atoms with van der Waals surface area (Å²) in [4.78, 5) is 16.3.